The van der Waals surface area contributed by atoms with E-state index in [1.54, 1.807) is 27.8 Å². The van der Waals surface area contributed by atoms with Crippen LogP contribution in [0.3, 0.4) is 0 Å². The zero-order valence-corrected chi connectivity index (χ0v) is 17.9. The molecule has 4 rings (SSSR count). The molecule has 2 amide bonds. The fourth-order valence-corrected chi connectivity index (χ4v) is 3.93. The predicted molar refractivity (Wildman–Crippen MR) is 117 cm³/mol. The summed E-state index contributed by atoms with van der Waals surface area (Å²) in [6, 6.07) is 12.9. The van der Waals surface area contributed by atoms with Crippen LogP contribution in [0.25, 0.3) is 11.3 Å². The topological polar surface area (TPSA) is 81.2 Å². The summed E-state index contributed by atoms with van der Waals surface area (Å²) < 4.78 is 1.74. The summed E-state index contributed by atoms with van der Waals surface area (Å²) in [7, 11) is 0. The molecule has 0 aliphatic carbocycles. The number of primary amides is 1. The van der Waals surface area contributed by atoms with Gasteiger partial charge in [-0.2, -0.15) is 5.10 Å². The van der Waals surface area contributed by atoms with E-state index in [-0.39, 0.29) is 12.5 Å². The van der Waals surface area contributed by atoms with Crippen molar-refractivity contribution in [3.8, 4) is 11.3 Å². The summed E-state index contributed by atoms with van der Waals surface area (Å²) in [6.07, 6.45) is 0.306. The van der Waals surface area contributed by atoms with E-state index in [4.69, 9.17) is 28.9 Å². The Morgan fingerprint density at radius 1 is 1.07 bits per heavy atom. The van der Waals surface area contributed by atoms with E-state index >= 15 is 0 Å². The van der Waals surface area contributed by atoms with Crippen LogP contribution in [0.5, 0.6) is 0 Å². The van der Waals surface area contributed by atoms with Crippen molar-refractivity contribution in [1.29, 1.82) is 0 Å². The highest BCUT2D eigenvalue weighted by atomic mass is 35.5. The molecule has 8 heteroatoms. The summed E-state index contributed by atoms with van der Waals surface area (Å²) in [4.78, 5) is 26.9. The van der Waals surface area contributed by atoms with Crippen LogP contribution in [-0.2, 0) is 24.3 Å². The van der Waals surface area contributed by atoms with E-state index in [9.17, 15) is 9.59 Å². The number of nitrogens with two attached hydrogens (primary N) is 1. The second-order valence-electron chi connectivity index (χ2n) is 7.36. The normalized spacial score (nSPS) is 13.2. The zero-order valence-electron chi connectivity index (χ0n) is 16.4. The minimum atomic E-state index is -0.592. The Morgan fingerprint density at radius 3 is 2.47 bits per heavy atom. The number of rotatable bonds is 4. The monoisotopic (exact) mass is 442 g/mol. The minimum absolute atomic E-state index is 0.00203. The number of aromatic nitrogens is 2. The third kappa shape index (κ3) is 3.93. The van der Waals surface area contributed by atoms with Gasteiger partial charge in [0.2, 0.25) is 5.91 Å². The van der Waals surface area contributed by atoms with Gasteiger partial charge in [0, 0.05) is 12.1 Å². The number of fused-ring (bicyclic) bond motifs is 1. The zero-order chi connectivity index (χ0) is 21.4. The minimum Gasteiger partial charge on any atom is -0.365 e. The summed E-state index contributed by atoms with van der Waals surface area (Å²) in [5.41, 5.74) is 9.83. The third-order valence-electron chi connectivity index (χ3n) is 5.25. The maximum atomic E-state index is 12.9. The molecule has 2 N–H and O–H groups in total. The van der Waals surface area contributed by atoms with Crippen molar-refractivity contribution in [2.75, 3.05) is 6.54 Å². The number of hydrogen-bond donors (Lipinski definition) is 1. The Morgan fingerprint density at radius 2 is 1.80 bits per heavy atom. The number of nitrogens with zero attached hydrogens (tertiary/aromatic N) is 3. The molecule has 0 radical (unpaired) electrons. The van der Waals surface area contributed by atoms with Crippen molar-refractivity contribution >= 4 is 35.0 Å². The Labute approximate surface area is 184 Å². The number of hydrogen-bond acceptors (Lipinski definition) is 3. The van der Waals surface area contributed by atoms with Crippen molar-refractivity contribution in [1.82, 2.24) is 14.7 Å². The molecule has 1 aliphatic heterocycles. The standard InChI is InChI=1S/C22H20Cl2N4O2/c1-13-2-4-14(5-3-13)10-19(29)27-8-9-28-18(12-27)20(22(25)30)21(26-28)15-6-7-16(23)17(24)11-15/h2-7,11H,8-10,12H2,1H3,(H2,25,30). The first kappa shape index (κ1) is 20.4. The molecule has 0 unspecified atom stereocenters. The second-order valence-corrected chi connectivity index (χ2v) is 8.18. The number of aryl methyl sites for hydroxylation is 1. The highest BCUT2D eigenvalue weighted by molar-refractivity contribution is 6.42. The molecule has 3 aromatic rings. The fraction of sp³-hybridized carbons (Fsp3) is 0.227. The highest BCUT2D eigenvalue weighted by Crippen LogP contribution is 2.32. The van der Waals surface area contributed by atoms with E-state index in [2.05, 4.69) is 5.10 Å². The Balaban J connectivity index is 1.63. The molecular formula is C22H20Cl2N4O2. The molecule has 2 aromatic carbocycles. The second kappa shape index (κ2) is 8.13. The van der Waals surface area contributed by atoms with E-state index < -0.39 is 5.91 Å². The summed E-state index contributed by atoms with van der Waals surface area (Å²) in [5, 5.41) is 5.36. The number of carbonyl (C=O) groups excluding carboxylic acids is 2. The molecule has 1 aliphatic rings. The maximum absolute atomic E-state index is 12.9. The molecule has 0 atom stereocenters. The molecule has 0 spiro atoms. The SMILES string of the molecule is Cc1ccc(CC(=O)N2CCn3nc(-c4ccc(Cl)c(Cl)c4)c(C(N)=O)c3C2)cc1. The van der Waals surface area contributed by atoms with E-state index in [0.717, 1.165) is 11.1 Å². The van der Waals surface area contributed by atoms with E-state index in [0.29, 0.717) is 52.1 Å². The van der Waals surface area contributed by atoms with Gasteiger partial charge in [-0.15, -0.1) is 0 Å². The molecule has 0 saturated heterocycles. The van der Waals surface area contributed by atoms with E-state index in [1.165, 1.54) is 0 Å². The average Bonchev–Trinajstić information content (AvgIpc) is 3.10. The number of carbonyl (C=O) groups is 2. The molecule has 6 nitrogen and oxygen atoms in total. The molecule has 1 aromatic heterocycles. The molecule has 2 heterocycles. The van der Waals surface area contributed by atoms with Gasteiger partial charge in [0.15, 0.2) is 0 Å². The van der Waals surface area contributed by atoms with Crippen LogP contribution in [0.15, 0.2) is 42.5 Å². The van der Waals surface area contributed by atoms with Crippen LogP contribution >= 0.6 is 23.2 Å². The van der Waals surface area contributed by atoms with Gasteiger partial charge >= 0.3 is 0 Å². The van der Waals surface area contributed by atoms with Crippen LogP contribution in [0.1, 0.15) is 27.2 Å². The molecular weight excluding hydrogens is 423 g/mol. The Hall–Kier alpha value is -2.83. The highest BCUT2D eigenvalue weighted by Gasteiger charge is 2.29. The quantitative estimate of drug-likeness (QED) is 0.665. The smallest absolute Gasteiger partial charge is 0.252 e. The summed E-state index contributed by atoms with van der Waals surface area (Å²) in [6.45, 7) is 3.28. The molecule has 154 valence electrons. The third-order valence-corrected chi connectivity index (χ3v) is 5.99. The molecule has 0 bridgehead atoms. The first-order chi connectivity index (χ1) is 14.3. The largest absolute Gasteiger partial charge is 0.365 e. The van der Waals surface area contributed by atoms with Crippen LogP contribution in [0.2, 0.25) is 10.0 Å². The van der Waals surface area contributed by atoms with Gasteiger partial charge < -0.3 is 10.6 Å². The predicted octanol–water partition coefficient (Wildman–Crippen LogP) is 3.85. The summed E-state index contributed by atoms with van der Waals surface area (Å²) >= 11 is 12.1. The molecule has 0 saturated carbocycles. The fourth-order valence-electron chi connectivity index (χ4n) is 3.63. The maximum Gasteiger partial charge on any atom is 0.252 e. The lowest BCUT2D eigenvalue weighted by atomic mass is 10.0. The molecule has 30 heavy (non-hydrogen) atoms. The van der Waals surface area contributed by atoms with E-state index in [1.807, 2.05) is 31.2 Å². The van der Waals surface area contributed by atoms with Crippen LogP contribution in [-0.4, -0.2) is 33.0 Å². The van der Waals surface area contributed by atoms with Gasteiger partial charge in [-0.3, -0.25) is 14.3 Å². The van der Waals surface area contributed by atoms with Crippen LogP contribution < -0.4 is 5.73 Å². The van der Waals surface area contributed by atoms with Crippen LogP contribution in [0, 0.1) is 6.92 Å². The lowest BCUT2D eigenvalue weighted by Gasteiger charge is -2.28. The van der Waals surface area contributed by atoms with Crippen molar-refractivity contribution in [2.45, 2.75) is 26.4 Å². The number of amides is 2. The van der Waals surface area contributed by atoms with Gasteiger partial charge in [0.1, 0.15) is 5.69 Å². The van der Waals surface area contributed by atoms with Crippen molar-refractivity contribution < 1.29 is 9.59 Å². The Bertz CT molecular complexity index is 1140. The van der Waals surface area contributed by atoms with Gasteiger partial charge in [0.25, 0.3) is 5.91 Å². The summed E-state index contributed by atoms with van der Waals surface area (Å²) in [5.74, 6) is -0.594. The average molecular weight is 443 g/mol. The number of benzene rings is 2. The lowest BCUT2D eigenvalue weighted by Crippen LogP contribution is -2.40. The first-order valence-electron chi connectivity index (χ1n) is 9.51. The van der Waals surface area contributed by atoms with Gasteiger partial charge in [-0.1, -0.05) is 59.1 Å². The lowest BCUT2D eigenvalue weighted by molar-refractivity contribution is -0.132. The number of halogens is 2. The van der Waals surface area contributed by atoms with Crippen molar-refractivity contribution in [3.05, 3.63) is 74.9 Å². The van der Waals surface area contributed by atoms with Gasteiger partial charge in [0.05, 0.1) is 40.8 Å². The first-order valence-corrected chi connectivity index (χ1v) is 10.3. The van der Waals surface area contributed by atoms with Crippen molar-refractivity contribution in [2.24, 2.45) is 5.73 Å². The Kier molecular flexibility index (Phi) is 5.54. The van der Waals surface area contributed by atoms with Gasteiger partial charge in [-0.05, 0) is 24.6 Å². The van der Waals surface area contributed by atoms with Crippen LogP contribution in [0.4, 0.5) is 0 Å². The van der Waals surface area contributed by atoms with Gasteiger partial charge in [-0.25, -0.2) is 0 Å². The van der Waals surface area contributed by atoms with Crippen molar-refractivity contribution in [3.63, 3.8) is 0 Å². The molecule has 0 fully saturated rings.